The molecular formula is C13H18N2O4. The number of amides is 1. The lowest BCUT2D eigenvalue weighted by Crippen LogP contribution is -2.38. The number of rotatable bonds is 6. The molecule has 0 saturated carbocycles. The van der Waals surface area contributed by atoms with E-state index < -0.39 is 5.97 Å². The van der Waals surface area contributed by atoms with Crippen LogP contribution in [-0.2, 0) is 4.79 Å². The predicted octanol–water partition coefficient (Wildman–Crippen LogP) is 1.09. The number of nitrogens with zero attached hydrogens (tertiary/aromatic N) is 1. The van der Waals surface area contributed by atoms with Gasteiger partial charge in [0.1, 0.15) is 5.69 Å². The van der Waals surface area contributed by atoms with Crippen LogP contribution in [0.5, 0.6) is 0 Å². The molecule has 0 unspecified atom stereocenters. The van der Waals surface area contributed by atoms with Gasteiger partial charge in [-0.05, 0) is 26.3 Å². The number of carboxylic acid groups (broad SMARTS) is 1. The Morgan fingerprint density at radius 1 is 1.37 bits per heavy atom. The first-order valence-corrected chi connectivity index (χ1v) is 6.14. The van der Waals surface area contributed by atoms with Crippen molar-refractivity contribution in [2.45, 2.75) is 32.7 Å². The summed E-state index contributed by atoms with van der Waals surface area (Å²) in [6.45, 7) is 4.04. The maximum atomic E-state index is 12.2. The standard InChI is InChI=1S/C13H18N2O4/c1-9(2)15(8-4-7-12(17)18)13(19)10-5-3-6-11(16)14-10/h3,5-6,9H,4,7-8H2,1-2H3,(H,14,16)(H,17,18). The number of aromatic amines is 1. The van der Waals surface area contributed by atoms with Gasteiger partial charge in [-0.2, -0.15) is 0 Å². The predicted molar refractivity (Wildman–Crippen MR) is 70.1 cm³/mol. The molecule has 0 bridgehead atoms. The smallest absolute Gasteiger partial charge is 0.303 e. The van der Waals surface area contributed by atoms with Crippen LogP contribution in [0.25, 0.3) is 0 Å². The summed E-state index contributed by atoms with van der Waals surface area (Å²) in [6.07, 6.45) is 0.401. The minimum Gasteiger partial charge on any atom is -0.481 e. The largest absolute Gasteiger partial charge is 0.481 e. The van der Waals surface area contributed by atoms with Crippen LogP contribution in [0.1, 0.15) is 37.2 Å². The number of carbonyl (C=O) groups is 2. The summed E-state index contributed by atoms with van der Waals surface area (Å²) >= 11 is 0. The van der Waals surface area contributed by atoms with E-state index in [1.54, 1.807) is 4.90 Å². The van der Waals surface area contributed by atoms with Crippen molar-refractivity contribution in [3.05, 3.63) is 34.2 Å². The second-order valence-corrected chi connectivity index (χ2v) is 4.52. The van der Waals surface area contributed by atoms with Crippen molar-refractivity contribution < 1.29 is 14.7 Å². The van der Waals surface area contributed by atoms with Crippen LogP contribution in [-0.4, -0.2) is 39.5 Å². The van der Waals surface area contributed by atoms with Crippen molar-refractivity contribution >= 4 is 11.9 Å². The highest BCUT2D eigenvalue weighted by atomic mass is 16.4. The molecular weight excluding hydrogens is 248 g/mol. The fourth-order valence-electron chi connectivity index (χ4n) is 1.72. The molecule has 0 radical (unpaired) electrons. The lowest BCUT2D eigenvalue weighted by Gasteiger charge is -2.26. The van der Waals surface area contributed by atoms with Crippen LogP contribution in [0, 0.1) is 0 Å². The Morgan fingerprint density at radius 2 is 2.05 bits per heavy atom. The summed E-state index contributed by atoms with van der Waals surface area (Å²) in [5.41, 5.74) is -0.114. The Balaban J connectivity index is 2.78. The topological polar surface area (TPSA) is 90.5 Å². The monoisotopic (exact) mass is 266 g/mol. The molecule has 6 nitrogen and oxygen atoms in total. The number of aliphatic carboxylic acids is 1. The number of carboxylic acids is 1. The number of hydrogen-bond donors (Lipinski definition) is 2. The molecule has 0 aliphatic rings. The van der Waals surface area contributed by atoms with E-state index in [1.807, 2.05) is 13.8 Å². The van der Waals surface area contributed by atoms with E-state index >= 15 is 0 Å². The van der Waals surface area contributed by atoms with Crippen molar-refractivity contribution in [2.24, 2.45) is 0 Å². The molecule has 0 saturated heterocycles. The summed E-state index contributed by atoms with van der Waals surface area (Å²) in [4.78, 5) is 37.9. The molecule has 0 atom stereocenters. The molecule has 1 amide bonds. The first-order valence-electron chi connectivity index (χ1n) is 6.14. The highest BCUT2D eigenvalue weighted by molar-refractivity contribution is 5.92. The molecule has 6 heteroatoms. The number of hydrogen-bond acceptors (Lipinski definition) is 3. The molecule has 0 aromatic carbocycles. The minimum atomic E-state index is -0.885. The van der Waals surface area contributed by atoms with E-state index in [-0.39, 0.29) is 29.6 Å². The molecule has 0 aliphatic heterocycles. The first-order chi connectivity index (χ1) is 8.91. The van der Waals surface area contributed by atoms with Crippen LogP contribution >= 0.6 is 0 Å². The highest BCUT2D eigenvalue weighted by Crippen LogP contribution is 2.07. The quantitative estimate of drug-likeness (QED) is 0.806. The molecule has 1 heterocycles. The van der Waals surface area contributed by atoms with Crippen LogP contribution in [0.3, 0.4) is 0 Å². The zero-order valence-corrected chi connectivity index (χ0v) is 11.0. The number of aromatic nitrogens is 1. The molecule has 104 valence electrons. The van der Waals surface area contributed by atoms with Crippen LogP contribution in [0.15, 0.2) is 23.0 Å². The van der Waals surface area contributed by atoms with Gasteiger partial charge in [-0.3, -0.25) is 14.4 Å². The van der Waals surface area contributed by atoms with Gasteiger partial charge in [0.15, 0.2) is 0 Å². The summed E-state index contributed by atoms with van der Waals surface area (Å²) in [7, 11) is 0. The highest BCUT2D eigenvalue weighted by Gasteiger charge is 2.19. The number of nitrogens with one attached hydrogen (secondary N) is 1. The zero-order valence-electron chi connectivity index (χ0n) is 11.0. The van der Waals surface area contributed by atoms with Gasteiger partial charge in [0.2, 0.25) is 5.56 Å². The van der Waals surface area contributed by atoms with Crippen LogP contribution < -0.4 is 5.56 Å². The Labute approximate surface area is 111 Å². The van der Waals surface area contributed by atoms with E-state index in [0.29, 0.717) is 13.0 Å². The van der Waals surface area contributed by atoms with Crippen molar-refractivity contribution in [3.63, 3.8) is 0 Å². The lowest BCUT2D eigenvalue weighted by molar-refractivity contribution is -0.137. The van der Waals surface area contributed by atoms with Gasteiger partial charge in [-0.15, -0.1) is 0 Å². The SMILES string of the molecule is CC(C)N(CCCC(=O)O)C(=O)c1cccc(=O)[nH]1. The van der Waals surface area contributed by atoms with Gasteiger partial charge in [0, 0.05) is 25.1 Å². The first kappa shape index (κ1) is 14.9. The molecule has 19 heavy (non-hydrogen) atoms. The molecule has 1 aromatic heterocycles. The van der Waals surface area contributed by atoms with E-state index in [1.165, 1.54) is 18.2 Å². The van der Waals surface area contributed by atoms with Crippen molar-refractivity contribution in [3.8, 4) is 0 Å². The third-order valence-corrected chi connectivity index (χ3v) is 2.67. The number of H-pyrrole nitrogens is 1. The summed E-state index contributed by atoms with van der Waals surface area (Å²) < 4.78 is 0. The Morgan fingerprint density at radius 3 is 2.58 bits per heavy atom. The Hall–Kier alpha value is -2.11. The van der Waals surface area contributed by atoms with E-state index in [2.05, 4.69) is 4.98 Å². The summed E-state index contributed by atoms with van der Waals surface area (Å²) in [5, 5.41) is 8.61. The minimum absolute atomic E-state index is 0.0157. The van der Waals surface area contributed by atoms with Crippen LogP contribution in [0.2, 0.25) is 0 Å². The van der Waals surface area contributed by atoms with Gasteiger partial charge < -0.3 is 15.0 Å². The Kier molecular flexibility index (Phi) is 5.29. The van der Waals surface area contributed by atoms with Gasteiger partial charge >= 0.3 is 5.97 Å². The van der Waals surface area contributed by atoms with Gasteiger partial charge in [0.25, 0.3) is 5.91 Å². The normalized spacial score (nSPS) is 10.5. The second-order valence-electron chi connectivity index (χ2n) is 4.52. The molecule has 1 rings (SSSR count). The van der Waals surface area contributed by atoms with Crippen molar-refractivity contribution in [1.29, 1.82) is 0 Å². The number of carbonyl (C=O) groups excluding carboxylic acids is 1. The molecule has 1 aromatic rings. The van der Waals surface area contributed by atoms with E-state index in [0.717, 1.165) is 0 Å². The van der Waals surface area contributed by atoms with Crippen LogP contribution in [0.4, 0.5) is 0 Å². The zero-order chi connectivity index (χ0) is 14.4. The summed E-state index contributed by atoms with van der Waals surface area (Å²) in [6, 6.07) is 4.32. The third kappa shape index (κ3) is 4.57. The van der Waals surface area contributed by atoms with Crippen molar-refractivity contribution in [1.82, 2.24) is 9.88 Å². The molecule has 0 fully saturated rings. The molecule has 2 N–H and O–H groups in total. The Bertz CT molecular complexity index is 507. The fourth-order valence-corrected chi connectivity index (χ4v) is 1.72. The average molecular weight is 266 g/mol. The second kappa shape index (κ2) is 6.72. The van der Waals surface area contributed by atoms with Gasteiger partial charge in [0.05, 0.1) is 0 Å². The van der Waals surface area contributed by atoms with E-state index in [9.17, 15) is 14.4 Å². The maximum Gasteiger partial charge on any atom is 0.303 e. The van der Waals surface area contributed by atoms with E-state index in [4.69, 9.17) is 5.11 Å². The molecule has 0 spiro atoms. The number of pyridine rings is 1. The van der Waals surface area contributed by atoms with Crippen molar-refractivity contribution in [2.75, 3.05) is 6.54 Å². The summed E-state index contributed by atoms with van der Waals surface area (Å²) in [5.74, 6) is -1.18. The maximum absolute atomic E-state index is 12.2. The van der Waals surface area contributed by atoms with Gasteiger partial charge in [-0.1, -0.05) is 6.07 Å². The van der Waals surface area contributed by atoms with Gasteiger partial charge in [-0.25, -0.2) is 0 Å². The fraction of sp³-hybridized carbons (Fsp3) is 0.462. The third-order valence-electron chi connectivity index (χ3n) is 2.67. The molecule has 0 aliphatic carbocycles. The average Bonchev–Trinajstić information content (AvgIpc) is 2.33. The lowest BCUT2D eigenvalue weighted by atomic mass is 10.2.